The van der Waals surface area contributed by atoms with E-state index in [4.69, 9.17) is 0 Å². The summed E-state index contributed by atoms with van der Waals surface area (Å²) >= 11 is 0. The van der Waals surface area contributed by atoms with Gasteiger partial charge >= 0.3 is 0 Å². The first-order chi connectivity index (χ1) is 15.2. The Hall–Kier alpha value is -2.22. The van der Waals surface area contributed by atoms with Crippen LogP contribution in [0, 0.1) is 0 Å². The smallest absolute Gasteiger partial charge is 0.243 e. The van der Waals surface area contributed by atoms with E-state index in [2.05, 4.69) is 50.4 Å². The number of aryl methyl sites for hydroxylation is 1. The summed E-state index contributed by atoms with van der Waals surface area (Å²) in [6, 6.07) is 15.4. The number of benzene rings is 2. The quantitative estimate of drug-likeness (QED) is 0.658. The molecule has 1 aliphatic heterocycles. The molecule has 1 heterocycles. The lowest BCUT2D eigenvalue weighted by Gasteiger charge is -2.33. The Bertz CT molecular complexity index is 994. The third-order valence-corrected chi connectivity index (χ3v) is 8.06. The molecule has 1 saturated heterocycles. The first kappa shape index (κ1) is 24.4. The van der Waals surface area contributed by atoms with Gasteiger partial charge in [-0.1, -0.05) is 57.2 Å². The number of carbonyl (C=O) groups excluding carboxylic acids is 1. The molecule has 0 spiro atoms. The molecule has 32 heavy (non-hydrogen) atoms. The van der Waals surface area contributed by atoms with Gasteiger partial charge in [0, 0.05) is 26.2 Å². The van der Waals surface area contributed by atoms with E-state index in [0.29, 0.717) is 37.0 Å². The molecule has 6 nitrogen and oxygen atoms in total. The lowest BCUT2D eigenvalue weighted by molar-refractivity contribution is -0.123. The predicted octanol–water partition coefficient (Wildman–Crippen LogP) is 3.56. The van der Waals surface area contributed by atoms with Crippen molar-refractivity contribution in [3.8, 4) is 0 Å². The van der Waals surface area contributed by atoms with Crippen molar-refractivity contribution >= 4 is 15.9 Å². The summed E-state index contributed by atoms with van der Waals surface area (Å²) in [5.74, 6) is 0.317. The minimum atomic E-state index is -3.51. The summed E-state index contributed by atoms with van der Waals surface area (Å²) in [4.78, 5) is 14.9. The molecular formula is C25H35N3O3S. The van der Waals surface area contributed by atoms with Gasteiger partial charge in [0.1, 0.15) is 0 Å². The van der Waals surface area contributed by atoms with E-state index < -0.39 is 10.0 Å². The lowest BCUT2D eigenvalue weighted by Crippen LogP contribution is -2.51. The average Bonchev–Trinajstić information content (AvgIpc) is 2.79. The molecular weight excluding hydrogens is 422 g/mol. The van der Waals surface area contributed by atoms with E-state index in [9.17, 15) is 13.2 Å². The minimum Gasteiger partial charge on any atom is -0.348 e. The number of piperazine rings is 1. The van der Waals surface area contributed by atoms with E-state index in [0.717, 1.165) is 17.5 Å². The van der Waals surface area contributed by atoms with Crippen LogP contribution in [0.1, 0.15) is 56.3 Å². The van der Waals surface area contributed by atoms with Crippen LogP contribution in [-0.2, 0) is 21.2 Å². The maximum Gasteiger partial charge on any atom is 0.243 e. The fourth-order valence-electron chi connectivity index (χ4n) is 3.92. The van der Waals surface area contributed by atoms with Crippen molar-refractivity contribution in [2.75, 3.05) is 32.7 Å². The Balaban J connectivity index is 1.50. The van der Waals surface area contributed by atoms with Gasteiger partial charge in [-0.3, -0.25) is 9.69 Å². The third-order valence-electron chi connectivity index (χ3n) is 6.15. The number of sulfonamides is 1. The number of nitrogens with zero attached hydrogens (tertiary/aromatic N) is 2. The molecule has 0 radical (unpaired) electrons. The summed E-state index contributed by atoms with van der Waals surface area (Å²) in [6.07, 6.45) is 0.992. The predicted molar refractivity (Wildman–Crippen MR) is 128 cm³/mol. The van der Waals surface area contributed by atoms with Gasteiger partial charge in [-0.15, -0.1) is 0 Å². The zero-order valence-electron chi connectivity index (χ0n) is 19.5. The van der Waals surface area contributed by atoms with Crippen molar-refractivity contribution in [3.05, 3.63) is 65.2 Å². The Labute approximate surface area is 192 Å². The second-order valence-electron chi connectivity index (χ2n) is 8.79. The molecule has 0 aliphatic carbocycles. The fourth-order valence-corrected chi connectivity index (χ4v) is 5.34. The van der Waals surface area contributed by atoms with Crippen molar-refractivity contribution < 1.29 is 13.2 Å². The Morgan fingerprint density at radius 1 is 0.906 bits per heavy atom. The number of rotatable bonds is 8. The first-order valence-corrected chi connectivity index (χ1v) is 12.9. The van der Waals surface area contributed by atoms with Gasteiger partial charge in [0.15, 0.2) is 0 Å². The van der Waals surface area contributed by atoms with Crippen molar-refractivity contribution in [2.24, 2.45) is 0 Å². The normalized spacial score (nSPS) is 16.8. The highest BCUT2D eigenvalue weighted by Gasteiger charge is 2.29. The molecule has 2 aromatic carbocycles. The van der Waals surface area contributed by atoms with Crippen LogP contribution in [-0.4, -0.2) is 56.3 Å². The molecule has 1 aliphatic rings. The third kappa shape index (κ3) is 5.97. The summed E-state index contributed by atoms with van der Waals surface area (Å²) in [5.41, 5.74) is 3.47. The standard InChI is InChI=1S/C25H35N3O3S/c1-5-21-6-8-23(9-7-21)20(4)26-25(29)18-27-14-16-28(17-15-27)32(30,31)24-12-10-22(11-13-24)19(2)3/h6-13,19-20H,5,14-18H2,1-4H3,(H,26,29)/t20-/m0/s1. The first-order valence-electron chi connectivity index (χ1n) is 11.4. The highest BCUT2D eigenvalue weighted by Crippen LogP contribution is 2.21. The van der Waals surface area contributed by atoms with Crippen LogP contribution in [0.3, 0.4) is 0 Å². The van der Waals surface area contributed by atoms with Gasteiger partial charge in [0.05, 0.1) is 17.5 Å². The van der Waals surface area contributed by atoms with Gasteiger partial charge in [-0.2, -0.15) is 4.31 Å². The maximum atomic E-state index is 13.0. The Kier molecular flexibility index (Phi) is 8.09. The van der Waals surface area contributed by atoms with Crippen LogP contribution in [0.5, 0.6) is 0 Å². The van der Waals surface area contributed by atoms with Crippen LogP contribution in [0.4, 0.5) is 0 Å². The van der Waals surface area contributed by atoms with Crippen LogP contribution in [0.2, 0.25) is 0 Å². The molecule has 1 amide bonds. The zero-order valence-corrected chi connectivity index (χ0v) is 20.4. The van der Waals surface area contributed by atoms with E-state index >= 15 is 0 Å². The number of hydrogen-bond acceptors (Lipinski definition) is 4. The minimum absolute atomic E-state index is 0.0438. The SMILES string of the molecule is CCc1ccc([C@H](C)NC(=O)CN2CCN(S(=O)(=O)c3ccc(C(C)C)cc3)CC2)cc1. The molecule has 0 saturated carbocycles. The number of amides is 1. The maximum absolute atomic E-state index is 13.0. The fraction of sp³-hybridized carbons (Fsp3) is 0.480. The molecule has 1 atom stereocenters. The van der Waals surface area contributed by atoms with Gasteiger partial charge in [-0.25, -0.2) is 8.42 Å². The molecule has 0 unspecified atom stereocenters. The lowest BCUT2D eigenvalue weighted by atomic mass is 10.0. The summed E-state index contributed by atoms with van der Waals surface area (Å²) in [5, 5.41) is 3.05. The van der Waals surface area contributed by atoms with Crippen LogP contribution in [0.15, 0.2) is 53.4 Å². The Morgan fingerprint density at radius 2 is 1.47 bits per heavy atom. The topological polar surface area (TPSA) is 69.7 Å². The van der Waals surface area contributed by atoms with E-state index in [1.54, 1.807) is 12.1 Å². The second kappa shape index (κ2) is 10.6. The van der Waals surface area contributed by atoms with Crippen molar-refractivity contribution in [2.45, 2.75) is 51.0 Å². The van der Waals surface area contributed by atoms with Crippen LogP contribution in [0.25, 0.3) is 0 Å². The molecule has 0 aromatic heterocycles. The van der Waals surface area contributed by atoms with Crippen LogP contribution < -0.4 is 5.32 Å². The monoisotopic (exact) mass is 457 g/mol. The van der Waals surface area contributed by atoms with Crippen molar-refractivity contribution in [1.82, 2.24) is 14.5 Å². The molecule has 7 heteroatoms. The summed E-state index contributed by atoms with van der Waals surface area (Å²) in [6.45, 7) is 10.4. The average molecular weight is 458 g/mol. The van der Waals surface area contributed by atoms with Gasteiger partial charge in [-0.05, 0) is 48.1 Å². The molecule has 174 valence electrons. The molecule has 3 rings (SSSR count). The summed E-state index contributed by atoms with van der Waals surface area (Å²) < 4.78 is 27.5. The van der Waals surface area contributed by atoms with Gasteiger partial charge in [0.2, 0.25) is 15.9 Å². The van der Waals surface area contributed by atoms with E-state index in [-0.39, 0.29) is 18.5 Å². The highest BCUT2D eigenvalue weighted by molar-refractivity contribution is 7.89. The molecule has 2 aromatic rings. The van der Waals surface area contributed by atoms with Gasteiger partial charge < -0.3 is 5.32 Å². The van der Waals surface area contributed by atoms with Gasteiger partial charge in [0.25, 0.3) is 0 Å². The van der Waals surface area contributed by atoms with E-state index in [1.807, 2.05) is 24.0 Å². The van der Waals surface area contributed by atoms with Crippen molar-refractivity contribution in [3.63, 3.8) is 0 Å². The number of nitrogens with one attached hydrogen (secondary N) is 1. The Morgan fingerprint density at radius 3 is 2.00 bits per heavy atom. The second-order valence-corrected chi connectivity index (χ2v) is 10.7. The molecule has 1 N–H and O–H groups in total. The molecule has 1 fully saturated rings. The van der Waals surface area contributed by atoms with E-state index in [1.165, 1.54) is 9.87 Å². The number of carbonyl (C=O) groups is 1. The van der Waals surface area contributed by atoms with Crippen LogP contribution >= 0.6 is 0 Å². The number of hydrogen-bond donors (Lipinski definition) is 1. The largest absolute Gasteiger partial charge is 0.348 e. The summed E-state index contributed by atoms with van der Waals surface area (Å²) in [7, 11) is -3.51. The molecule has 0 bridgehead atoms. The zero-order chi connectivity index (χ0) is 23.3. The highest BCUT2D eigenvalue weighted by atomic mass is 32.2. The van der Waals surface area contributed by atoms with Crippen molar-refractivity contribution in [1.29, 1.82) is 0 Å².